The van der Waals surface area contributed by atoms with Gasteiger partial charge in [0.25, 0.3) is 5.91 Å². The number of ether oxygens (including phenoxy) is 1. The SMILES string of the molecule is COc1ccccc1NC(=O)c1ccnc2ccccc12. The summed E-state index contributed by atoms with van der Waals surface area (Å²) in [5.41, 5.74) is 2.03. The van der Waals surface area contributed by atoms with Crippen molar-refractivity contribution in [3.05, 3.63) is 66.4 Å². The van der Waals surface area contributed by atoms with Crippen LogP contribution in [0.3, 0.4) is 0 Å². The third-order valence-electron chi connectivity index (χ3n) is 3.25. The molecule has 1 aromatic heterocycles. The molecule has 104 valence electrons. The van der Waals surface area contributed by atoms with Crippen LogP contribution in [-0.2, 0) is 0 Å². The number of pyridine rings is 1. The van der Waals surface area contributed by atoms with Crippen molar-refractivity contribution in [2.24, 2.45) is 0 Å². The third-order valence-corrected chi connectivity index (χ3v) is 3.25. The zero-order chi connectivity index (χ0) is 14.7. The number of carbonyl (C=O) groups excluding carboxylic acids is 1. The van der Waals surface area contributed by atoms with Gasteiger partial charge in [0.1, 0.15) is 5.75 Å². The van der Waals surface area contributed by atoms with Crippen molar-refractivity contribution in [1.29, 1.82) is 0 Å². The summed E-state index contributed by atoms with van der Waals surface area (Å²) in [7, 11) is 1.58. The summed E-state index contributed by atoms with van der Waals surface area (Å²) in [5, 5.41) is 3.70. The normalized spacial score (nSPS) is 10.3. The molecule has 3 aromatic rings. The molecule has 2 aromatic carbocycles. The predicted molar refractivity (Wildman–Crippen MR) is 82.7 cm³/mol. The molecule has 0 fully saturated rings. The monoisotopic (exact) mass is 278 g/mol. The van der Waals surface area contributed by atoms with E-state index in [4.69, 9.17) is 4.74 Å². The van der Waals surface area contributed by atoms with E-state index in [-0.39, 0.29) is 5.91 Å². The fourth-order valence-electron chi connectivity index (χ4n) is 2.23. The number of carbonyl (C=O) groups is 1. The summed E-state index contributed by atoms with van der Waals surface area (Å²) in [6, 6.07) is 16.6. The number of aromatic nitrogens is 1. The van der Waals surface area contributed by atoms with E-state index in [2.05, 4.69) is 10.3 Å². The van der Waals surface area contributed by atoms with Crippen molar-refractivity contribution >= 4 is 22.5 Å². The van der Waals surface area contributed by atoms with Crippen LogP contribution in [0.15, 0.2) is 60.8 Å². The number of nitrogens with zero attached hydrogens (tertiary/aromatic N) is 1. The van der Waals surface area contributed by atoms with Gasteiger partial charge >= 0.3 is 0 Å². The lowest BCUT2D eigenvalue weighted by atomic mass is 10.1. The maximum atomic E-state index is 12.5. The molecule has 1 amide bonds. The molecule has 3 rings (SSSR count). The molecule has 4 nitrogen and oxygen atoms in total. The van der Waals surface area contributed by atoms with Crippen LogP contribution in [0.5, 0.6) is 5.75 Å². The first kappa shape index (κ1) is 13.1. The van der Waals surface area contributed by atoms with Gasteiger partial charge in [-0.15, -0.1) is 0 Å². The Bertz CT molecular complexity index is 794. The first-order valence-electron chi connectivity index (χ1n) is 6.58. The van der Waals surface area contributed by atoms with E-state index in [0.717, 1.165) is 10.9 Å². The number of anilines is 1. The molecule has 0 radical (unpaired) electrons. The molecule has 1 heterocycles. The van der Waals surface area contributed by atoms with Crippen LogP contribution >= 0.6 is 0 Å². The van der Waals surface area contributed by atoms with E-state index in [1.54, 1.807) is 31.5 Å². The number of rotatable bonds is 3. The summed E-state index contributed by atoms with van der Waals surface area (Å²) in [6.07, 6.45) is 1.64. The number of nitrogens with one attached hydrogen (secondary N) is 1. The van der Waals surface area contributed by atoms with E-state index in [9.17, 15) is 4.79 Å². The van der Waals surface area contributed by atoms with Crippen molar-refractivity contribution < 1.29 is 9.53 Å². The summed E-state index contributed by atoms with van der Waals surface area (Å²) in [5.74, 6) is 0.447. The second-order valence-electron chi connectivity index (χ2n) is 4.53. The van der Waals surface area contributed by atoms with Crippen LogP contribution in [-0.4, -0.2) is 18.0 Å². The van der Waals surface area contributed by atoms with Crippen LogP contribution < -0.4 is 10.1 Å². The van der Waals surface area contributed by atoms with Gasteiger partial charge in [-0.3, -0.25) is 9.78 Å². The molecule has 0 saturated carbocycles. The maximum Gasteiger partial charge on any atom is 0.256 e. The molecule has 0 aliphatic carbocycles. The van der Waals surface area contributed by atoms with Gasteiger partial charge in [0.2, 0.25) is 0 Å². The second kappa shape index (κ2) is 5.63. The topological polar surface area (TPSA) is 51.2 Å². The van der Waals surface area contributed by atoms with E-state index in [0.29, 0.717) is 17.0 Å². The molecule has 0 aliphatic heterocycles. The number of amides is 1. The summed E-state index contributed by atoms with van der Waals surface area (Å²) in [6.45, 7) is 0. The highest BCUT2D eigenvalue weighted by atomic mass is 16.5. The molecular formula is C17H14N2O2. The van der Waals surface area contributed by atoms with Gasteiger partial charge in [-0.2, -0.15) is 0 Å². The highest BCUT2D eigenvalue weighted by molar-refractivity contribution is 6.12. The predicted octanol–water partition coefficient (Wildman–Crippen LogP) is 3.50. The highest BCUT2D eigenvalue weighted by Gasteiger charge is 2.12. The zero-order valence-corrected chi connectivity index (χ0v) is 11.5. The minimum Gasteiger partial charge on any atom is -0.495 e. The van der Waals surface area contributed by atoms with Gasteiger partial charge in [-0.25, -0.2) is 0 Å². The minimum atomic E-state index is -0.182. The second-order valence-corrected chi connectivity index (χ2v) is 4.53. The summed E-state index contributed by atoms with van der Waals surface area (Å²) < 4.78 is 5.24. The summed E-state index contributed by atoms with van der Waals surface area (Å²) >= 11 is 0. The largest absolute Gasteiger partial charge is 0.495 e. The van der Waals surface area contributed by atoms with Gasteiger partial charge < -0.3 is 10.1 Å². The number of hydrogen-bond donors (Lipinski definition) is 1. The first-order valence-corrected chi connectivity index (χ1v) is 6.58. The molecule has 0 saturated heterocycles. The minimum absolute atomic E-state index is 0.182. The van der Waals surface area contributed by atoms with Crippen molar-refractivity contribution in [2.45, 2.75) is 0 Å². The van der Waals surface area contributed by atoms with Gasteiger partial charge in [0.15, 0.2) is 0 Å². The Morgan fingerprint density at radius 2 is 1.81 bits per heavy atom. The van der Waals surface area contributed by atoms with Gasteiger partial charge in [0, 0.05) is 11.6 Å². The quantitative estimate of drug-likeness (QED) is 0.797. The standard InChI is InChI=1S/C17H14N2O2/c1-21-16-9-5-4-8-15(16)19-17(20)13-10-11-18-14-7-3-2-6-12(13)14/h2-11H,1H3,(H,19,20). The Morgan fingerprint density at radius 1 is 1.05 bits per heavy atom. The average Bonchev–Trinajstić information content (AvgIpc) is 2.54. The van der Waals surface area contributed by atoms with E-state index in [1.807, 2.05) is 36.4 Å². The van der Waals surface area contributed by atoms with E-state index in [1.165, 1.54) is 0 Å². The van der Waals surface area contributed by atoms with Crippen LogP contribution in [0.2, 0.25) is 0 Å². The molecule has 0 unspecified atom stereocenters. The van der Waals surface area contributed by atoms with Gasteiger partial charge in [-0.05, 0) is 24.3 Å². The lowest BCUT2D eigenvalue weighted by Crippen LogP contribution is -2.13. The lowest BCUT2D eigenvalue weighted by molar-refractivity contribution is 0.102. The molecular weight excluding hydrogens is 264 g/mol. The van der Waals surface area contributed by atoms with Crippen LogP contribution in [0.1, 0.15) is 10.4 Å². The summed E-state index contributed by atoms with van der Waals surface area (Å²) in [4.78, 5) is 16.8. The van der Waals surface area contributed by atoms with E-state index >= 15 is 0 Å². The molecule has 1 N–H and O–H groups in total. The molecule has 4 heteroatoms. The molecule has 0 aliphatic rings. The van der Waals surface area contributed by atoms with Crippen molar-refractivity contribution in [3.8, 4) is 5.75 Å². The molecule has 21 heavy (non-hydrogen) atoms. The fourth-order valence-corrected chi connectivity index (χ4v) is 2.23. The Balaban J connectivity index is 1.98. The Hall–Kier alpha value is -2.88. The van der Waals surface area contributed by atoms with Crippen LogP contribution in [0.4, 0.5) is 5.69 Å². The Labute approximate surface area is 122 Å². The number of fused-ring (bicyclic) bond motifs is 1. The van der Waals surface area contributed by atoms with Crippen molar-refractivity contribution in [3.63, 3.8) is 0 Å². The molecule has 0 atom stereocenters. The molecule has 0 bridgehead atoms. The van der Waals surface area contributed by atoms with Crippen molar-refractivity contribution in [2.75, 3.05) is 12.4 Å². The third kappa shape index (κ3) is 2.56. The number of hydrogen-bond acceptors (Lipinski definition) is 3. The first-order chi connectivity index (χ1) is 10.3. The van der Waals surface area contributed by atoms with Crippen LogP contribution in [0, 0.1) is 0 Å². The number of benzene rings is 2. The highest BCUT2D eigenvalue weighted by Crippen LogP contribution is 2.24. The zero-order valence-electron chi connectivity index (χ0n) is 11.5. The van der Waals surface area contributed by atoms with Gasteiger partial charge in [-0.1, -0.05) is 30.3 Å². The van der Waals surface area contributed by atoms with E-state index < -0.39 is 0 Å². The van der Waals surface area contributed by atoms with Gasteiger partial charge in [0.05, 0.1) is 23.9 Å². The average molecular weight is 278 g/mol. The Morgan fingerprint density at radius 3 is 2.67 bits per heavy atom. The smallest absolute Gasteiger partial charge is 0.256 e. The van der Waals surface area contributed by atoms with Crippen molar-refractivity contribution in [1.82, 2.24) is 4.98 Å². The maximum absolute atomic E-state index is 12.5. The Kier molecular flexibility index (Phi) is 3.51. The molecule has 0 spiro atoms. The number of methoxy groups -OCH3 is 1. The fraction of sp³-hybridized carbons (Fsp3) is 0.0588. The van der Waals surface area contributed by atoms with Crippen LogP contribution in [0.25, 0.3) is 10.9 Å². The number of para-hydroxylation sites is 3. The lowest BCUT2D eigenvalue weighted by Gasteiger charge is -2.10.